The van der Waals surface area contributed by atoms with E-state index in [2.05, 4.69) is 29.5 Å². The molecule has 22 heavy (non-hydrogen) atoms. The van der Waals surface area contributed by atoms with Gasteiger partial charge in [0.2, 0.25) is 0 Å². The Labute approximate surface area is 139 Å². The predicted molar refractivity (Wildman–Crippen MR) is 92.1 cm³/mol. The molecule has 1 heterocycles. The summed E-state index contributed by atoms with van der Waals surface area (Å²) < 4.78 is 1.76. The molecule has 0 bridgehead atoms. The second-order valence-electron chi connectivity index (χ2n) is 4.98. The third-order valence-corrected chi connectivity index (χ3v) is 4.33. The van der Waals surface area contributed by atoms with E-state index in [0.717, 1.165) is 18.1 Å². The second kappa shape index (κ2) is 6.42. The van der Waals surface area contributed by atoms with Crippen LogP contribution in [-0.2, 0) is 6.54 Å². The Morgan fingerprint density at radius 2 is 1.86 bits per heavy atom. The molecule has 0 spiro atoms. The van der Waals surface area contributed by atoms with Crippen molar-refractivity contribution in [2.75, 3.05) is 5.32 Å². The Kier molecular flexibility index (Phi) is 4.36. The van der Waals surface area contributed by atoms with Gasteiger partial charge in [0.05, 0.1) is 21.9 Å². The summed E-state index contributed by atoms with van der Waals surface area (Å²) in [4.78, 5) is 0. The first-order valence-electron chi connectivity index (χ1n) is 6.93. The highest BCUT2D eigenvalue weighted by atomic mass is 35.5. The van der Waals surface area contributed by atoms with Crippen molar-refractivity contribution in [3.05, 3.63) is 75.9 Å². The van der Waals surface area contributed by atoms with Crippen LogP contribution < -0.4 is 5.32 Å². The van der Waals surface area contributed by atoms with Crippen molar-refractivity contribution in [1.82, 2.24) is 9.78 Å². The van der Waals surface area contributed by atoms with E-state index in [1.807, 2.05) is 30.3 Å². The Hall–Kier alpha value is -1.97. The molecule has 0 saturated heterocycles. The summed E-state index contributed by atoms with van der Waals surface area (Å²) in [5.74, 6) is 0.868. The van der Waals surface area contributed by atoms with Crippen LogP contribution in [-0.4, -0.2) is 9.78 Å². The lowest BCUT2D eigenvalue weighted by atomic mass is 10.1. The van der Waals surface area contributed by atoms with E-state index < -0.39 is 0 Å². The molecule has 1 N–H and O–H groups in total. The molecule has 0 aliphatic rings. The zero-order chi connectivity index (χ0) is 15.5. The molecule has 0 unspecified atom stereocenters. The van der Waals surface area contributed by atoms with Crippen LogP contribution in [0.25, 0.3) is 5.69 Å². The zero-order valence-corrected chi connectivity index (χ0v) is 13.6. The van der Waals surface area contributed by atoms with Crippen molar-refractivity contribution in [1.29, 1.82) is 0 Å². The van der Waals surface area contributed by atoms with Gasteiger partial charge in [0.1, 0.15) is 5.82 Å². The van der Waals surface area contributed by atoms with Gasteiger partial charge in [0, 0.05) is 12.6 Å². The molecule has 0 fully saturated rings. The monoisotopic (exact) mass is 331 g/mol. The average Bonchev–Trinajstić information content (AvgIpc) is 2.97. The Balaban J connectivity index is 1.87. The number of anilines is 1. The summed E-state index contributed by atoms with van der Waals surface area (Å²) in [6.45, 7) is 2.82. The van der Waals surface area contributed by atoms with Crippen LogP contribution in [0.1, 0.15) is 11.1 Å². The van der Waals surface area contributed by atoms with Crippen LogP contribution in [0.5, 0.6) is 0 Å². The summed E-state index contributed by atoms with van der Waals surface area (Å²) in [7, 11) is 0. The normalized spacial score (nSPS) is 10.7. The molecule has 0 amide bonds. The first-order chi connectivity index (χ1) is 10.7. The number of rotatable bonds is 4. The second-order valence-corrected chi connectivity index (χ2v) is 5.77. The summed E-state index contributed by atoms with van der Waals surface area (Å²) in [5, 5.41) is 8.73. The van der Waals surface area contributed by atoms with Crippen molar-refractivity contribution in [3.63, 3.8) is 0 Å². The number of halogens is 2. The Morgan fingerprint density at radius 1 is 1.05 bits per heavy atom. The van der Waals surface area contributed by atoms with Crippen LogP contribution in [0.3, 0.4) is 0 Å². The lowest BCUT2D eigenvalue weighted by Crippen LogP contribution is -2.07. The van der Waals surface area contributed by atoms with Crippen molar-refractivity contribution < 1.29 is 0 Å². The molecule has 3 nitrogen and oxygen atoms in total. The molecule has 1 aromatic heterocycles. The van der Waals surface area contributed by atoms with Crippen LogP contribution in [0.2, 0.25) is 10.0 Å². The highest BCUT2D eigenvalue weighted by Gasteiger charge is 2.10. The lowest BCUT2D eigenvalue weighted by Gasteiger charge is -2.12. The fourth-order valence-electron chi connectivity index (χ4n) is 2.28. The van der Waals surface area contributed by atoms with E-state index >= 15 is 0 Å². The molecular weight excluding hydrogens is 317 g/mol. The van der Waals surface area contributed by atoms with Crippen molar-refractivity contribution >= 4 is 29.0 Å². The maximum Gasteiger partial charge on any atom is 0.130 e. The first-order valence-corrected chi connectivity index (χ1v) is 7.69. The summed E-state index contributed by atoms with van der Waals surface area (Å²) in [5.41, 5.74) is 3.25. The molecule has 2 aromatic carbocycles. The van der Waals surface area contributed by atoms with Gasteiger partial charge in [-0.25, -0.2) is 4.68 Å². The number of nitrogens with one attached hydrogen (secondary N) is 1. The summed E-state index contributed by atoms with van der Waals surface area (Å²) in [6.07, 6.45) is 1.73. The summed E-state index contributed by atoms with van der Waals surface area (Å²) >= 11 is 12.4. The lowest BCUT2D eigenvalue weighted by molar-refractivity contribution is 0.874. The number of aromatic nitrogens is 2. The molecule has 3 rings (SSSR count). The molecular formula is C17H15Cl2N3. The van der Waals surface area contributed by atoms with Gasteiger partial charge in [-0.05, 0) is 30.2 Å². The van der Waals surface area contributed by atoms with Crippen LogP contribution in [0.15, 0.2) is 54.7 Å². The van der Waals surface area contributed by atoms with Gasteiger partial charge in [-0.2, -0.15) is 5.10 Å². The van der Waals surface area contributed by atoms with E-state index in [1.165, 1.54) is 11.1 Å². The fraction of sp³-hybridized carbons (Fsp3) is 0.118. The molecule has 5 heteroatoms. The van der Waals surface area contributed by atoms with Crippen LogP contribution in [0, 0.1) is 6.92 Å². The average molecular weight is 332 g/mol. The fourth-order valence-corrected chi connectivity index (χ4v) is 2.65. The smallest absolute Gasteiger partial charge is 0.130 e. The maximum atomic E-state index is 6.28. The molecule has 0 aliphatic heterocycles. The summed E-state index contributed by atoms with van der Waals surface area (Å²) in [6, 6.07) is 15.7. The minimum absolute atomic E-state index is 0.492. The minimum Gasteiger partial charge on any atom is -0.366 e. The van der Waals surface area contributed by atoms with E-state index in [9.17, 15) is 0 Å². The Bertz CT molecular complexity index is 796. The predicted octanol–water partition coefficient (Wildman–Crippen LogP) is 5.10. The number of hydrogen-bond acceptors (Lipinski definition) is 2. The van der Waals surface area contributed by atoms with Gasteiger partial charge in [0.15, 0.2) is 0 Å². The molecule has 112 valence electrons. The highest BCUT2D eigenvalue weighted by Crippen LogP contribution is 2.29. The van der Waals surface area contributed by atoms with Gasteiger partial charge in [-0.3, -0.25) is 0 Å². The number of aryl methyl sites for hydroxylation is 1. The minimum atomic E-state index is 0.492. The maximum absolute atomic E-state index is 6.28. The standard InChI is InChI=1S/C17H15Cl2N3/c1-12-5-2-3-6-13(12)11-20-16-9-10-21-22(16)15-8-4-7-14(18)17(15)19/h2-10,20H,11H2,1H3. The number of hydrogen-bond donors (Lipinski definition) is 1. The molecule has 0 aliphatic carbocycles. The van der Waals surface area contributed by atoms with E-state index in [4.69, 9.17) is 23.2 Å². The van der Waals surface area contributed by atoms with Crippen LogP contribution >= 0.6 is 23.2 Å². The molecule has 0 radical (unpaired) electrons. The first kappa shape index (κ1) is 14.9. The van der Waals surface area contributed by atoms with Gasteiger partial charge in [0.25, 0.3) is 0 Å². The molecule has 0 atom stereocenters. The van der Waals surface area contributed by atoms with Gasteiger partial charge >= 0.3 is 0 Å². The van der Waals surface area contributed by atoms with E-state index in [1.54, 1.807) is 16.9 Å². The van der Waals surface area contributed by atoms with Crippen molar-refractivity contribution in [2.24, 2.45) is 0 Å². The third-order valence-electron chi connectivity index (χ3n) is 3.52. The van der Waals surface area contributed by atoms with E-state index in [0.29, 0.717) is 10.0 Å². The zero-order valence-electron chi connectivity index (χ0n) is 12.1. The van der Waals surface area contributed by atoms with Gasteiger partial charge in [-0.15, -0.1) is 0 Å². The van der Waals surface area contributed by atoms with Crippen molar-refractivity contribution in [3.8, 4) is 5.69 Å². The largest absolute Gasteiger partial charge is 0.366 e. The highest BCUT2D eigenvalue weighted by molar-refractivity contribution is 6.43. The Morgan fingerprint density at radius 3 is 2.68 bits per heavy atom. The third kappa shape index (κ3) is 2.96. The van der Waals surface area contributed by atoms with Crippen LogP contribution in [0.4, 0.5) is 5.82 Å². The quantitative estimate of drug-likeness (QED) is 0.720. The molecule has 3 aromatic rings. The SMILES string of the molecule is Cc1ccccc1CNc1ccnn1-c1cccc(Cl)c1Cl. The topological polar surface area (TPSA) is 29.9 Å². The number of benzene rings is 2. The van der Waals surface area contributed by atoms with Gasteiger partial charge < -0.3 is 5.32 Å². The number of nitrogens with zero attached hydrogens (tertiary/aromatic N) is 2. The molecule has 0 saturated carbocycles. The van der Waals surface area contributed by atoms with Crippen molar-refractivity contribution in [2.45, 2.75) is 13.5 Å². The van der Waals surface area contributed by atoms with E-state index in [-0.39, 0.29) is 0 Å². The van der Waals surface area contributed by atoms with Gasteiger partial charge in [-0.1, -0.05) is 53.5 Å².